The normalized spacial score (nSPS) is 12.7. The highest BCUT2D eigenvalue weighted by Gasteiger charge is 2.19. The second-order valence-electron chi connectivity index (χ2n) is 6.97. The molecule has 0 bridgehead atoms. The second kappa shape index (κ2) is 7.75. The fraction of sp³-hybridized carbons (Fsp3) is 0.238. The molecule has 0 aliphatic carbocycles. The minimum absolute atomic E-state index is 0.153. The van der Waals surface area contributed by atoms with Gasteiger partial charge in [0.1, 0.15) is 6.20 Å². The van der Waals surface area contributed by atoms with Crippen LogP contribution in [0.1, 0.15) is 17.8 Å². The average molecular weight is 391 g/mol. The highest BCUT2D eigenvalue weighted by atomic mass is 16.6. The molecule has 4 rings (SSSR count). The number of anilines is 3. The van der Waals surface area contributed by atoms with Gasteiger partial charge in [0.15, 0.2) is 0 Å². The lowest BCUT2D eigenvalue weighted by Crippen LogP contribution is -2.15. The number of benzene rings is 2. The van der Waals surface area contributed by atoms with E-state index < -0.39 is 4.92 Å². The van der Waals surface area contributed by atoms with E-state index in [0.29, 0.717) is 12.4 Å². The summed E-state index contributed by atoms with van der Waals surface area (Å²) in [6, 6.07) is 16.2. The fourth-order valence-corrected chi connectivity index (χ4v) is 3.58. The topological polar surface area (TPSA) is 93.3 Å². The molecule has 1 N–H and O–H groups in total. The van der Waals surface area contributed by atoms with E-state index >= 15 is 0 Å². The number of hydrogen-bond acceptors (Lipinski definition) is 5. The summed E-state index contributed by atoms with van der Waals surface area (Å²) in [5.41, 5.74) is 4.39. The zero-order valence-electron chi connectivity index (χ0n) is 16.0. The van der Waals surface area contributed by atoms with Crippen LogP contribution in [0, 0.1) is 17.0 Å². The summed E-state index contributed by atoms with van der Waals surface area (Å²) in [4.78, 5) is 28.6. The van der Waals surface area contributed by atoms with Crippen molar-refractivity contribution in [2.24, 2.45) is 0 Å². The van der Waals surface area contributed by atoms with Gasteiger partial charge in [-0.25, -0.2) is 0 Å². The minimum Gasteiger partial charge on any atom is -0.358 e. The Morgan fingerprint density at radius 2 is 1.97 bits per heavy atom. The predicted molar refractivity (Wildman–Crippen MR) is 110 cm³/mol. The molecule has 148 valence electrons. The Kier molecular flexibility index (Phi) is 4.99. The first kappa shape index (κ1) is 18.7. The van der Waals surface area contributed by atoms with Crippen LogP contribution < -0.4 is 10.2 Å². The maximum atomic E-state index is 12.3. The van der Waals surface area contributed by atoms with Crippen molar-refractivity contribution in [1.29, 1.82) is 0 Å². The Bertz CT molecular complexity index is 1060. The molecular formula is C21H21N5O3. The fourth-order valence-electron chi connectivity index (χ4n) is 3.58. The van der Waals surface area contributed by atoms with Crippen LogP contribution in [0.25, 0.3) is 0 Å². The van der Waals surface area contributed by atoms with Crippen LogP contribution in [0.5, 0.6) is 0 Å². The van der Waals surface area contributed by atoms with Crippen molar-refractivity contribution in [1.82, 2.24) is 9.55 Å². The summed E-state index contributed by atoms with van der Waals surface area (Å²) in [6.45, 7) is 2.96. The lowest BCUT2D eigenvalue weighted by molar-refractivity contribution is -0.389. The van der Waals surface area contributed by atoms with Gasteiger partial charge in [-0.1, -0.05) is 18.2 Å². The Hall–Kier alpha value is -3.68. The third-order valence-corrected chi connectivity index (χ3v) is 5.08. The Labute approximate surface area is 167 Å². The number of carbonyl (C=O) groups excluding carboxylic acids is 1. The number of carbonyl (C=O) groups is 1. The molecule has 1 aliphatic heterocycles. The van der Waals surface area contributed by atoms with Gasteiger partial charge in [-0.2, -0.15) is 0 Å². The monoisotopic (exact) mass is 391 g/mol. The quantitative estimate of drug-likeness (QED) is 0.509. The van der Waals surface area contributed by atoms with Gasteiger partial charge >= 0.3 is 5.82 Å². The number of imidazole rings is 1. The van der Waals surface area contributed by atoms with Gasteiger partial charge in [0.25, 0.3) is 0 Å². The van der Waals surface area contributed by atoms with Crippen LogP contribution in [0.4, 0.5) is 22.9 Å². The first-order valence-electron chi connectivity index (χ1n) is 9.45. The van der Waals surface area contributed by atoms with Crippen LogP contribution in [-0.2, 0) is 17.8 Å². The number of hydrogen-bond donors (Lipinski definition) is 1. The molecule has 0 saturated heterocycles. The number of nitrogens with one attached hydrogen (secondary N) is 1. The number of rotatable bonds is 6. The summed E-state index contributed by atoms with van der Waals surface area (Å²) in [5, 5.41) is 13.7. The smallest absolute Gasteiger partial charge is 0.358 e. The summed E-state index contributed by atoms with van der Waals surface area (Å²) in [5.74, 6) is 0.154. The summed E-state index contributed by atoms with van der Waals surface area (Å²) >= 11 is 0. The zero-order chi connectivity index (χ0) is 20.4. The van der Waals surface area contributed by atoms with Crippen LogP contribution in [-0.4, -0.2) is 26.9 Å². The number of nitro groups is 1. The molecule has 2 heterocycles. The van der Waals surface area contributed by atoms with E-state index in [2.05, 4.69) is 33.4 Å². The molecule has 0 saturated carbocycles. The molecule has 29 heavy (non-hydrogen) atoms. The summed E-state index contributed by atoms with van der Waals surface area (Å²) in [7, 11) is 0. The van der Waals surface area contributed by atoms with Gasteiger partial charge in [-0.15, -0.1) is 0 Å². The first-order valence-corrected chi connectivity index (χ1v) is 9.45. The van der Waals surface area contributed by atoms with Crippen molar-refractivity contribution >= 4 is 28.8 Å². The molecule has 3 aromatic rings. The van der Waals surface area contributed by atoms with Crippen molar-refractivity contribution in [3.63, 3.8) is 0 Å². The van der Waals surface area contributed by atoms with Crippen molar-refractivity contribution in [2.45, 2.75) is 26.3 Å². The molecule has 0 unspecified atom stereocenters. The molecule has 0 fully saturated rings. The highest BCUT2D eigenvalue weighted by Crippen LogP contribution is 2.34. The van der Waals surface area contributed by atoms with Crippen LogP contribution in [0.2, 0.25) is 0 Å². The zero-order valence-corrected chi connectivity index (χ0v) is 16.0. The first-order chi connectivity index (χ1) is 14.0. The number of nitrogens with zero attached hydrogens (tertiary/aromatic N) is 4. The predicted octanol–water partition coefficient (Wildman–Crippen LogP) is 3.82. The van der Waals surface area contributed by atoms with Gasteiger partial charge in [0.2, 0.25) is 11.7 Å². The van der Waals surface area contributed by atoms with E-state index in [1.54, 1.807) is 11.5 Å². The minimum atomic E-state index is -0.538. The van der Waals surface area contributed by atoms with Gasteiger partial charge in [0, 0.05) is 43.5 Å². The Morgan fingerprint density at radius 3 is 2.69 bits per heavy atom. The summed E-state index contributed by atoms with van der Waals surface area (Å²) < 4.78 is 1.62. The van der Waals surface area contributed by atoms with Crippen molar-refractivity contribution < 1.29 is 9.72 Å². The molecule has 0 spiro atoms. The lowest BCUT2D eigenvalue weighted by Gasteiger charge is -2.20. The number of para-hydroxylation sites is 1. The third kappa shape index (κ3) is 3.96. The molecular weight excluding hydrogens is 370 g/mol. The number of fused-ring (bicyclic) bond motifs is 1. The highest BCUT2D eigenvalue weighted by molar-refractivity contribution is 5.91. The Morgan fingerprint density at radius 1 is 1.21 bits per heavy atom. The molecule has 1 aliphatic rings. The van der Waals surface area contributed by atoms with Gasteiger partial charge in [0.05, 0.1) is 0 Å². The van der Waals surface area contributed by atoms with Crippen molar-refractivity contribution in [3.05, 3.63) is 76.2 Å². The SMILES string of the molecule is Cc1nc([N+](=O)[O-])cn1CCC(=O)Nc1ccc(N2CCc3ccccc32)cc1. The number of amides is 1. The molecule has 2 aromatic carbocycles. The Balaban J connectivity index is 1.35. The van der Waals surface area contributed by atoms with E-state index in [-0.39, 0.29) is 18.1 Å². The molecule has 0 radical (unpaired) electrons. The lowest BCUT2D eigenvalue weighted by atomic mass is 10.2. The number of aryl methyl sites for hydroxylation is 2. The van der Waals surface area contributed by atoms with Crippen LogP contribution in [0.3, 0.4) is 0 Å². The second-order valence-corrected chi connectivity index (χ2v) is 6.97. The van der Waals surface area contributed by atoms with Crippen LogP contribution in [0.15, 0.2) is 54.7 Å². The van der Waals surface area contributed by atoms with Gasteiger partial charge < -0.3 is 24.9 Å². The van der Waals surface area contributed by atoms with Crippen LogP contribution >= 0.6 is 0 Å². The van der Waals surface area contributed by atoms with E-state index in [9.17, 15) is 14.9 Å². The van der Waals surface area contributed by atoms with E-state index in [4.69, 9.17) is 0 Å². The van der Waals surface area contributed by atoms with Crippen molar-refractivity contribution in [2.75, 3.05) is 16.8 Å². The van der Waals surface area contributed by atoms with Crippen molar-refractivity contribution in [3.8, 4) is 0 Å². The average Bonchev–Trinajstić information content (AvgIpc) is 3.31. The molecule has 1 amide bonds. The standard InChI is InChI=1S/C21H21N5O3/c1-15-22-20(26(28)29)14-24(15)12-11-21(27)23-17-6-8-18(9-7-17)25-13-10-16-4-2-3-5-19(16)25/h2-9,14H,10-13H2,1H3,(H,23,27). The maximum Gasteiger partial charge on any atom is 0.381 e. The van der Waals surface area contributed by atoms with E-state index in [0.717, 1.165) is 24.3 Å². The summed E-state index contributed by atoms with van der Waals surface area (Å²) in [6.07, 6.45) is 2.58. The van der Waals surface area contributed by atoms with Gasteiger partial charge in [-0.3, -0.25) is 4.79 Å². The number of aromatic nitrogens is 2. The van der Waals surface area contributed by atoms with E-state index in [1.807, 2.05) is 30.3 Å². The third-order valence-electron chi connectivity index (χ3n) is 5.08. The van der Waals surface area contributed by atoms with E-state index in [1.165, 1.54) is 17.4 Å². The largest absolute Gasteiger partial charge is 0.381 e. The molecule has 1 aromatic heterocycles. The van der Waals surface area contributed by atoms with Gasteiger partial charge in [-0.05, 0) is 52.2 Å². The maximum absolute atomic E-state index is 12.3. The molecule has 8 heteroatoms. The molecule has 8 nitrogen and oxygen atoms in total. The molecule has 0 atom stereocenters.